The number of amides is 1. The second-order valence-electron chi connectivity index (χ2n) is 20.0. The average Bonchev–Trinajstić information content (AvgIpc) is 3.30. The molecule has 6 nitrogen and oxygen atoms in total. The van der Waals surface area contributed by atoms with Crippen molar-refractivity contribution in [2.24, 2.45) is 0 Å². The molecule has 3 atom stereocenters. The van der Waals surface area contributed by atoms with Crippen molar-refractivity contribution in [3.63, 3.8) is 0 Å². The summed E-state index contributed by atoms with van der Waals surface area (Å²) in [7, 11) is 0. The molecule has 0 aliphatic rings. The van der Waals surface area contributed by atoms with Gasteiger partial charge in [0.25, 0.3) is 0 Å². The van der Waals surface area contributed by atoms with E-state index >= 15 is 0 Å². The molecule has 0 heterocycles. The smallest absolute Gasteiger partial charge is 0.306 e. The fourth-order valence-electron chi connectivity index (χ4n) is 9.18. The molecule has 0 fully saturated rings. The number of aliphatic hydroxyl groups is 2. The van der Waals surface area contributed by atoms with E-state index in [0.717, 1.165) is 64.2 Å². The van der Waals surface area contributed by atoms with Crippen LogP contribution in [0.15, 0.2) is 24.3 Å². The number of unbranched alkanes of at least 4 members (excludes halogenated alkanes) is 37. The van der Waals surface area contributed by atoms with Crippen LogP contribution in [0.5, 0.6) is 0 Å². The van der Waals surface area contributed by atoms with E-state index in [0.29, 0.717) is 19.3 Å². The summed E-state index contributed by atoms with van der Waals surface area (Å²) in [6.45, 7) is 6.42. The van der Waals surface area contributed by atoms with Crippen LogP contribution in [0.2, 0.25) is 0 Å². The first kappa shape index (κ1) is 63.3. The molecule has 0 spiro atoms. The highest BCUT2D eigenvalue weighted by atomic mass is 16.5. The zero-order valence-electron chi connectivity index (χ0n) is 43.9. The minimum absolute atomic E-state index is 0.0807. The summed E-state index contributed by atoms with van der Waals surface area (Å²) in [6, 6.07) is -0.699. The molecule has 0 radical (unpaired) electrons. The number of hydrogen-bond acceptors (Lipinski definition) is 5. The monoisotopic (exact) mass is 916 g/mol. The maximum atomic E-state index is 13.3. The summed E-state index contributed by atoms with van der Waals surface area (Å²) in [5.74, 6) is -0.463. The quantitative estimate of drug-likeness (QED) is 0.0321. The van der Waals surface area contributed by atoms with Gasteiger partial charge in [0.2, 0.25) is 5.91 Å². The van der Waals surface area contributed by atoms with Crippen LogP contribution in [0.25, 0.3) is 0 Å². The van der Waals surface area contributed by atoms with Crippen molar-refractivity contribution in [3.8, 4) is 0 Å². The van der Waals surface area contributed by atoms with E-state index < -0.39 is 18.2 Å². The van der Waals surface area contributed by atoms with Gasteiger partial charge in [0, 0.05) is 6.42 Å². The van der Waals surface area contributed by atoms with Crippen molar-refractivity contribution >= 4 is 11.9 Å². The van der Waals surface area contributed by atoms with Crippen molar-refractivity contribution in [1.82, 2.24) is 5.32 Å². The molecule has 0 aliphatic heterocycles. The number of carbonyl (C=O) groups excluding carboxylic acids is 2. The molecule has 0 aromatic rings. The highest BCUT2D eigenvalue weighted by molar-refractivity contribution is 5.77. The number of aliphatic hydroxyl groups excluding tert-OH is 2. The van der Waals surface area contributed by atoms with Gasteiger partial charge in [-0.3, -0.25) is 9.59 Å². The largest absolute Gasteiger partial charge is 0.462 e. The van der Waals surface area contributed by atoms with Crippen LogP contribution in [0.4, 0.5) is 0 Å². The molecule has 0 bridgehead atoms. The Morgan fingerprint density at radius 1 is 0.462 bits per heavy atom. The Balaban J connectivity index is 4.51. The average molecular weight is 917 g/mol. The predicted molar refractivity (Wildman–Crippen MR) is 283 cm³/mol. The molecule has 0 aliphatic carbocycles. The van der Waals surface area contributed by atoms with Crippen molar-refractivity contribution in [2.45, 2.75) is 334 Å². The Labute approximate surface area is 405 Å². The predicted octanol–water partition coefficient (Wildman–Crippen LogP) is 17.9. The highest BCUT2D eigenvalue weighted by Gasteiger charge is 2.24. The molecule has 0 rings (SSSR count). The number of ether oxygens (including phenoxy) is 1. The van der Waals surface area contributed by atoms with Crippen LogP contribution in [0.1, 0.15) is 316 Å². The van der Waals surface area contributed by atoms with Crippen LogP contribution in [0.3, 0.4) is 0 Å². The zero-order chi connectivity index (χ0) is 47.4. The van der Waals surface area contributed by atoms with Crippen molar-refractivity contribution in [1.29, 1.82) is 0 Å². The lowest BCUT2D eigenvalue weighted by molar-refractivity contribution is -0.151. The molecule has 0 aromatic carbocycles. The summed E-state index contributed by atoms with van der Waals surface area (Å²) >= 11 is 0. The standard InChI is InChI=1S/C59H113NO5/c1-4-7-10-13-16-19-22-25-28-30-32-35-38-41-44-47-50-55(65-59(64)52-49-46-43-40-37-34-27-24-21-18-15-12-9-6-3)53-58(63)60-56(54-61)57(62)51-48-45-42-39-36-33-31-29-26-23-20-17-14-11-8-5-2/h9,12,18,21,55-57,61-62H,4-8,10-11,13-17,19-20,22-54H2,1-3H3,(H,60,63)/b12-9+,21-18+. The molecule has 6 heteroatoms. The van der Waals surface area contributed by atoms with E-state index in [4.69, 9.17) is 4.74 Å². The van der Waals surface area contributed by atoms with Crippen LogP contribution in [0, 0.1) is 0 Å². The molecule has 65 heavy (non-hydrogen) atoms. The van der Waals surface area contributed by atoms with E-state index in [-0.39, 0.29) is 24.9 Å². The van der Waals surface area contributed by atoms with Crippen LogP contribution in [-0.2, 0) is 14.3 Å². The molecular weight excluding hydrogens is 803 g/mol. The van der Waals surface area contributed by atoms with Crippen molar-refractivity contribution in [2.75, 3.05) is 6.61 Å². The minimum Gasteiger partial charge on any atom is -0.462 e. The van der Waals surface area contributed by atoms with Gasteiger partial charge in [0.1, 0.15) is 6.10 Å². The third-order valence-corrected chi connectivity index (χ3v) is 13.5. The Morgan fingerprint density at radius 2 is 0.831 bits per heavy atom. The molecule has 1 amide bonds. The van der Waals surface area contributed by atoms with Gasteiger partial charge in [-0.1, -0.05) is 276 Å². The van der Waals surface area contributed by atoms with Crippen LogP contribution in [-0.4, -0.2) is 46.9 Å². The Morgan fingerprint density at radius 3 is 1.25 bits per heavy atom. The SMILES string of the molecule is CC/C=C/C/C=C/CCCCCCCCCC(=O)OC(CCCCCCCCCCCCCCCCCC)CC(=O)NC(CO)C(O)CCCCCCCCCCCCCCCCCC. The summed E-state index contributed by atoms with van der Waals surface area (Å²) in [6.07, 6.45) is 62.4. The number of esters is 1. The van der Waals surface area contributed by atoms with Crippen molar-refractivity contribution in [3.05, 3.63) is 24.3 Å². The van der Waals surface area contributed by atoms with Gasteiger partial charge < -0.3 is 20.3 Å². The van der Waals surface area contributed by atoms with Gasteiger partial charge in [-0.25, -0.2) is 0 Å². The van der Waals surface area contributed by atoms with E-state index in [1.807, 2.05) is 0 Å². The van der Waals surface area contributed by atoms with Gasteiger partial charge in [0.05, 0.1) is 25.2 Å². The topological polar surface area (TPSA) is 95.9 Å². The summed E-state index contributed by atoms with van der Waals surface area (Å²) < 4.78 is 5.96. The normalized spacial score (nSPS) is 13.2. The van der Waals surface area contributed by atoms with Gasteiger partial charge in [-0.2, -0.15) is 0 Å². The van der Waals surface area contributed by atoms with E-state index in [1.54, 1.807) is 0 Å². The maximum absolute atomic E-state index is 13.3. The first-order valence-corrected chi connectivity index (χ1v) is 29.1. The summed E-state index contributed by atoms with van der Waals surface area (Å²) in [5.41, 5.74) is 0. The Bertz CT molecular complexity index is 1030. The number of allylic oxidation sites excluding steroid dienone is 4. The number of carbonyl (C=O) groups is 2. The summed E-state index contributed by atoms with van der Waals surface area (Å²) in [5, 5.41) is 23.9. The summed E-state index contributed by atoms with van der Waals surface area (Å²) in [4.78, 5) is 26.3. The minimum atomic E-state index is -0.785. The second kappa shape index (κ2) is 53.3. The molecular formula is C59H113NO5. The van der Waals surface area contributed by atoms with E-state index in [2.05, 4.69) is 50.4 Å². The molecule has 0 saturated heterocycles. The lowest BCUT2D eigenvalue weighted by atomic mass is 10.0. The third-order valence-electron chi connectivity index (χ3n) is 13.5. The van der Waals surface area contributed by atoms with Gasteiger partial charge in [0.15, 0.2) is 0 Å². The van der Waals surface area contributed by atoms with Crippen LogP contribution < -0.4 is 5.32 Å². The zero-order valence-corrected chi connectivity index (χ0v) is 43.9. The first-order chi connectivity index (χ1) is 32.0. The first-order valence-electron chi connectivity index (χ1n) is 29.1. The van der Waals surface area contributed by atoms with Crippen LogP contribution >= 0.6 is 0 Å². The fourth-order valence-corrected chi connectivity index (χ4v) is 9.18. The van der Waals surface area contributed by atoms with E-state index in [9.17, 15) is 19.8 Å². The number of nitrogens with one attached hydrogen (secondary N) is 1. The van der Waals surface area contributed by atoms with E-state index in [1.165, 1.54) is 205 Å². The highest BCUT2D eigenvalue weighted by Crippen LogP contribution is 2.19. The maximum Gasteiger partial charge on any atom is 0.306 e. The Kier molecular flexibility index (Phi) is 51.9. The van der Waals surface area contributed by atoms with Gasteiger partial charge >= 0.3 is 5.97 Å². The molecule has 384 valence electrons. The second-order valence-corrected chi connectivity index (χ2v) is 20.0. The Hall–Kier alpha value is -1.66. The lowest BCUT2D eigenvalue weighted by Crippen LogP contribution is -2.46. The third kappa shape index (κ3) is 48.6. The molecule has 0 aromatic heterocycles. The molecule has 0 saturated carbocycles. The lowest BCUT2D eigenvalue weighted by Gasteiger charge is -2.24. The molecule has 3 unspecified atom stereocenters. The van der Waals surface area contributed by atoms with Gasteiger partial charge in [-0.15, -0.1) is 0 Å². The van der Waals surface area contributed by atoms with Crippen molar-refractivity contribution < 1.29 is 24.5 Å². The number of rotatable bonds is 53. The van der Waals surface area contributed by atoms with Gasteiger partial charge in [-0.05, 0) is 51.4 Å². The molecule has 3 N–H and O–H groups in total. The number of hydrogen-bond donors (Lipinski definition) is 3. The fraction of sp³-hybridized carbons (Fsp3) is 0.898.